The quantitative estimate of drug-likeness (QED) is 0.644. The lowest BCUT2D eigenvalue weighted by molar-refractivity contribution is 0.445. The average molecular weight is 388 g/mol. The Labute approximate surface area is 151 Å². The fourth-order valence-corrected chi connectivity index (χ4v) is 4.31. The van der Waals surface area contributed by atoms with Crippen LogP contribution >= 0.6 is 23.4 Å². The van der Waals surface area contributed by atoms with Crippen molar-refractivity contribution in [1.82, 2.24) is 14.5 Å². The highest BCUT2D eigenvalue weighted by molar-refractivity contribution is 7.99. The van der Waals surface area contributed by atoms with E-state index in [1.807, 2.05) is 13.8 Å². The lowest BCUT2D eigenvalue weighted by Gasteiger charge is -2.18. The van der Waals surface area contributed by atoms with E-state index in [4.69, 9.17) is 16.0 Å². The van der Waals surface area contributed by atoms with E-state index in [1.165, 1.54) is 21.6 Å². The summed E-state index contributed by atoms with van der Waals surface area (Å²) in [6.45, 7) is 4.44. The Bertz CT molecular complexity index is 802. The standard InChI is InChI=1S/C15H18ClN3O3S2/c1-3-19(4-2)24(20,21)13-8-5-7-12(11-13)14-17-18-15(22-14)23-10-6-9-16/h5-9,11H,3-4,10H2,1-2H3/b9-6+. The molecule has 0 N–H and O–H groups in total. The fourth-order valence-electron chi connectivity index (χ4n) is 2.04. The van der Waals surface area contributed by atoms with E-state index in [-0.39, 0.29) is 10.8 Å². The van der Waals surface area contributed by atoms with Gasteiger partial charge in [-0.15, -0.1) is 10.2 Å². The van der Waals surface area contributed by atoms with Crippen molar-refractivity contribution >= 4 is 33.4 Å². The first-order valence-electron chi connectivity index (χ1n) is 7.35. The highest BCUT2D eigenvalue weighted by Gasteiger charge is 2.22. The normalized spacial score (nSPS) is 12.3. The van der Waals surface area contributed by atoms with Gasteiger partial charge in [0.1, 0.15) is 0 Å². The summed E-state index contributed by atoms with van der Waals surface area (Å²) < 4.78 is 32.1. The van der Waals surface area contributed by atoms with Gasteiger partial charge in [-0.3, -0.25) is 0 Å². The third-order valence-corrected chi connectivity index (χ3v) is 6.22. The predicted octanol–water partition coefficient (Wildman–Crippen LogP) is 3.61. The maximum atomic E-state index is 12.6. The highest BCUT2D eigenvalue weighted by Crippen LogP contribution is 2.26. The van der Waals surface area contributed by atoms with Crippen molar-refractivity contribution in [2.75, 3.05) is 18.8 Å². The van der Waals surface area contributed by atoms with Crippen LogP contribution in [0, 0.1) is 0 Å². The summed E-state index contributed by atoms with van der Waals surface area (Å²) in [4.78, 5) is 0.209. The maximum absolute atomic E-state index is 12.6. The van der Waals surface area contributed by atoms with Gasteiger partial charge in [0.2, 0.25) is 15.9 Å². The highest BCUT2D eigenvalue weighted by atomic mass is 35.5. The van der Waals surface area contributed by atoms with Crippen molar-refractivity contribution in [2.45, 2.75) is 24.0 Å². The second-order valence-corrected chi connectivity index (χ2v) is 7.82. The Morgan fingerprint density at radius 3 is 2.71 bits per heavy atom. The van der Waals surface area contributed by atoms with Gasteiger partial charge in [-0.2, -0.15) is 4.31 Å². The molecule has 0 unspecified atom stereocenters. The number of halogens is 1. The van der Waals surface area contributed by atoms with E-state index < -0.39 is 10.0 Å². The predicted molar refractivity (Wildman–Crippen MR) is 95.6 cm³/mol. The molecule has 0 saturated heterocycles. The zero-order valence-corrected chi connectivity index (χ0v) is 15.7. The van der Waals surface area contributed by atoms with Crippen LogP contribution in [0.2, 0.25) is 0 Å². The second kappa shape index (κ2) is 8.66. The molecule has 0 bridgehead atoms. The molecule has 130 valence electrons. The lowest BCUT2D eigenvalue weighted by Crippen LogP contribution is -2.30. The number of hydrogen-bond acceptors (Lipinski definition) is 6. The van der Waals surface area contributed by atoms with Crippen molar-refractivity contribution < 1.29 is 12.8 Å². The fraction of sp³-hybridized carbons (Fsp3) is 0.333. The smallest absolute Gasteiger partial charge is 0.277 e. The Morgan fingerprint density at radius 1 is 1.29 bits per heavy atom. The van der Waals surface area contributed by atoms with E-state index >= 15 is 0 Å². The molecule has 9 heteroatoms. The van der Waals surface area contributed by atoms with Crippen molar-refractivity contribution in [3.8, 4) is 11.5 Å². The van der Waals surface area contributed by atoms with Crippen molar-refractivity contribution in [3.63, 3.8) is 0 Å². The number of hydrogen-bond donors (Lipinski definition) is 0. The summed E-state index contributed by atoms with van der Waals surface area (Å²) in [5, 5.41) is 8.30. The van der Waals surface area contributed by atoms with Gasteiger partial charge in [0.15, 0.2) is 0 Å². The van der Waals surface area contributed by atoms with Crippen LogP contribution in [0.3, 0.4) is 0 Å². The van der Waals surface area contributed by atoms with Crippen LogP contribution in [0.5, 0.6) is 0 Å². The van der Waals surface area contributed by atoms with Gasteiger partial charge < -0.3 is 4.42 Å². The largest absolute Gasteiger partial charge is 0.411 e. The molecule has 2 aromatic rings. The first-order valence-corrected chi connectivity index (χ1v) is 10.2. The SMILES string of the molecule is CCN(CC)S(=O)(=O)c1cccc(-c2nnc(SC/C=C/Cl)o2)c1. The van der Waals surface area contributed by atoms with E-state index in [0.29, 0.717) is 29.6 Å². The van der Waals surface area contributed by atoms with Crippen LogP contribution in [-0.2, 0) is 10.0 Å². The summed E-state index contributed by atoms with van der Waals surface area (Å²) in [6.07, 6.45) is 1.76. The van der Waals surface area contributed by atoms with Gasteiger partial charge in [-0.05, 0) is 18.2 Å². The molecule has 0 radical (unpaired) electrons. The van der Waals surface area contributed by atoms with Gasteiger partial charge in [0, 0.05) is 29.9 Å². The zero-order chi connectivity index (χ0) is 17.6. The first kappa shape index (κ1) is 19.0. The molecule has 0 spiro atoms. The van der Waals surface area contributed by atoms with E-state index in [9.17, 15) is 8.42 Å². The van der Waals surface area contributed by atoms with Crippen LogP contribution in [0.25, 0.3) is 11.5 Å². The Hall–Kier alpha value is -1.35. The number of aromatic nitrogens is 2. The lowest BCUT2D eigenvalue weighted by atomic mass is 10.2. The van der Waals surface area contributed by atoms with E-state index in [0.717, 1.165) is 0 Å². The van der Waals surface area contributed by atoms with Crippen LogP contribution in [0.1, 0.15) is 13.8 Å². The molecular weight excluding hydrogens is 370 g/mol. The molecule has 2 rings (SSSR count). The van der Waals surface area contributed by atoms with E-state index in [2.05, 4.69) is 10.2 Å². The minimum absolute atomic E-state index is 0.209. The first-order chi connectivity index (χ1) is 11.5. The number of sulfonamides is 1. The Kier molecular flexibility index (Phi) is 6.85. The molecule has 0 amide bonds. The molecule has 0 fully saturated rings. The van der Waals surface area contributed by atoms with Crippen LogP contribution < -0.4 is 0 Å². The second-order valence-electron chi connectivity index (χ2n) is 4.66. The third kappa shape index (κ3) is 4.38. The number of nitrogens with zero attached hydrogens (tertiary/aromatic N) is 3. The number of benzene rings is 1. The molecule has 24 heavy (non-hydrogen) atoms. The number of thioether (sulfide) groups is 1. The summed E-state index contributed by atoms with van der Waals surface area (Å²) >= 11 is 6.80. The summed E-state index contributed by atoms with van der Waals surface area (Å²) in [6, 6.07) is 6.52. The van der Waals surface area contributed by atoms with E-state index in [1.54, 1.807) is 30.3 Å². The zero-order valence-electron chi connectivity index (χ0n) is 13.3. The van der Waals surface area contributed by atoms with Crippen LogP contribution in [0.15, 0.2) is 50.4 Å². The minimum atomic E-state index is -3.53. The number of rotatable bonds is 8. The van der Waals surface area contributed by atoms with Crippen molar-refractivity contribution in [1.29, 1.82) is 0 Å². The van der Waals surface area contributed by atoms with Gasteiger partial charge in [-0.1, -0.05) is 49.4 Å². The maximum Gasteiger partial charge on any atom is 0.277 e. The summed E-state index contributed by atoms with van der Waals surface area (Å²) in [7, 11) is -3.53. The molecule has 1 aromatic heterocycles. The Morgan fingerprint density at radius 2 is 2.04 bits per heavy atom. The van der Waals surface area contributed by atoms with Gasteiger partial charge in [0.05, 0.1) is 4.90 Å². The summed E-state index contributed by atoms with van der Waals surface area (Å²) in [5.41, 5.74) is 1.99. The van der Waals surface area contributed by atoms with Crippen LogP contribution in [0.4, 0.5) is 0 Å². The molecule has 0 aliphatic rings. The molecule has 6 nitrogen and oxygen atoms in total. The molecule has 0 aliphatic carbocycles. The average Bonchev–Trinajstić information content (AvgIpc) is 3.05. The molecule has 0 saturated carbocycles. The van der Waals surface area contributed by atoms with Crippen molar-refractivity contribution in [3.05, 3.63) is 35.9 Å². The molecular formula is C15H18ClN3O3S2. The summed E-state index contributed by atoms with van der Waals surface area (Å²) in [5.74, 6) is 0.894. The van der Waals surface area contributed by atoms with Crippen LogP contribution in [-0.4, -0.2) is 41.8 Å². The molecule has 0 aliphatic heterocycles. The topological polar surface area (TPSA) is 76.3 Å². The van der Waals surface area contributed by atoms with Crippen molar-refractivity contribution in [2.24, 2.45) is 0 Å². The molecule has 1 heterocycles. The molecule has 0 atom stereocenters. The van der Waals surface area contributed by atoms with Gasteiger partial charge >= 0.3 is 0 Å². The monoisotopic (exact) mass is 387 g/mol. The third-order valence-electron chi connectivity index (χ3n) is 3.22. The Balaban J connectivity index is 2.28. The minimum Gasteiger partial charge on any atom is -0.411 e. The molecule has 1 aromatic carbocycles. The van der Waals surface area contributed by atoms with Gasteiger partial charge in [0.25, 0.3) is 5.22 Å². The van der Waals surface area contributed by atoms with Gasteiger partial charge in [-0.25, -0.2) is 8.42 Å².